The minimum atomic E-state index is 0.539. The molecule has 0 aromatic heterocycles. The molecule has 0 atom stereocenters. The normalized spacial score (nSPS) is 12.4. The molecular weight excluding hydrogens is 224 g/mol. The maximum atomic E-state index is 10.9. The smallest absolute Gasteiger partial charge is 0.150 e. The van der Waals surface area contributed by atoms with E-state index in [1.54, 1.807) is 6.07 Å². The van der Waals surface area contributed by atoms with E-state index in [-0.39, 0.29) is 0 Å². The average Bonchev–Trinajstić information content (AvgIpc) is 2.39. The van der Waals surface area contributed by atoms with Crippen LogP contribution in [-0.2, 0) is 12.8 Å². The number of hydrogen-bond acceptors (Lipinski definition) is 2. The van der Waals surface area contributed by atoms with E-state index in [2.05, 4.69) is 18.2 Å². The SMILES string of the molecule is O=Cc1cc(C=O)cc(-c2ccc3c(c2)CC3)c1. The van der Waals surface area contributed by atoms with Crippen molar-refractivity contribution in [1.82, 2.24) is 0 Å². The molecule has 0 radical (unpaired) electrons. The van der Waals surface area contributed by atoms with Gasteiger partial charge in [0.2, 0.25) is 0 Å². The van der Waals surface area contributed by atoms with Gasteiger partial charge in [-0.2, -0.15) is 0 Å². The Balaban J connectivity index is 2.12. The number of hydrogen-bond donors (Lipinski definition) is 0. The molecule has 0 amide bonds. The fourth-order valence-corrected chi connectivity index (χ4v) is 2.35. The molecule has 2 heteroatoms. The standard InChI is InChI=1S/C16H12O2/c17-9-11-5-12(10-18)7-16(6-11)15-4-2-13-1-3-14(13)8-15/h2,4-10H,1,3H2. The minimum absolute atomic E-state index is 0.539. The molecule has 18 heavy (non-hydrogen) atoms. The lowest BCUT2D eigenvalue weighted by Crippen LogP contribution is -2.07. The van der Waals surface area contributed by atoms with Gasteiger partial charge in [0.1, 0.15) is 12.6 Å². The van der Waals surface area contributed by atoms with Gasteiger partial charge in [-0.05, 0) is 53.3 Å². The molecule has 0 aliphatic heterocycles. The second-order valence-electron chi connectivity index (χ2n) is 4.61. The van der Waals surface area contributed by atoms with Crippen LogP contribution in [0.25, 0.3) is 11.1 Å². The first-order valence-electron chi connectivity index (χ1n) is 5.98. The van der Waals surface area contributed by atoms with Crippen molar-refractivity contribution < 1.29 is 9.59 Å². The lowest BCUT2D eigenvalue weighted by atomic mass is 9.86. The highest BCUT2D eigenvalue weighted by Gasteiger charge is 2.13. The number of aryl methyl sites for hydroxylation is 2. The van der Waals surface area contributed by atoms with Crippen LogP contribution in [0.5, 0.6) is 0 Å². The Morgan fingerprint density at radius 2 is 1.39 bits per heavy atom. The highest BCUT2D eigenvalue weighted by Crippen LogP contribution is 2.29. The van der Waals surface area contributed by atoms with Gasteiger partial charge in [0.15, 0.2) is 0 Å². The van der Waals surface area contributed by atoms with Crippen molar-refractivity contribution in [2.75, 3.05) is 0 Å². The van der Waals surface area contributed by atoms with Crippen molar-refractivity contribution in [2.24, 2.45) is 0 Å². The Kier molecular flexibility index (Phi) is 2.56. The van der Waals surface area contributed by atoms with Crippen molar-refractivity contribution in [3.05, 3.63) is 58.7 Å². The topological polar surface area (TPSA) is 34.1 Å². The van der Waals surface area contributed by atoms with Crippen LogP contribution in [-0.4, -0.2) is 12.6 Å². The second kappa shape index (κ2) is 4.22. The Labute approximate surface area is 105 Å². The molecular formula is C16H12O2. The van der Waals surface area contributed by atoms with Gasteiger partial charge in [-0.15, -0.1) is 0 Å². The van der Waals surface area contributed by atoms with Gasteiger partial charge in [-0.3, -0.25) is 9.59 Å². The number of carbonyl (C=O) groups is 2. The second-order valence-corrected chi connectivity index (χ2v) is 4.61. The maximum absolute atomic E-state index is 10.9. The molecule has 0 N–H and O–H groups in total. The fourth-order valence-electron chi connectivity index (χ4n) is 2.35. The van der Waals surface area contributed by atoms with E-state index in [9.17, 15) is 9.59 Å². The third kappa shape index (κ3) is 1.76. The van der Waals surface area contributed by atoms with Gasteiger partial charge in [0.25, 0.3) is 0 Å². The lowest BCUT2D eigenvalue weighted by molar-refractivity contribution is 0.112. The average molecular weight is 236 g/mol. The van der Waals surface area contributed by atoms with E-state index in [4.69, 9.17) is 0 Å². The number of aldehydes is 2. The summed E-state index contributed by atoms with van der Waals surface area (Å²) in [4.78, 5) is 21.7. The van der Waals surface area contributed by atoms with Crippen LogP contribution in [0, 0.1) is 0 Å². The summed E-state index contributed by atoms with van der Waals surface area (Å²) in [5.41, 5.74) is 5.85. The molecule has 3 rings (SSSR count). The molecule has 0 fully saturated rings. The zero-order valence-corrected chi connectivity index (χ0v) is 9.85. The van der Waals surface area contributed by atoms with E-state index < -0.39 is 0 Å². The van der Waals surface area contributed by atoms with Gasteiger partial charge >= 0.3 is 0 Å². The van der Waals surface area contributed by atoms with E-state index >= 15 is 0 Å². The number of rotatable bonds is 3. The Bertz CT molecular complexity index is 615. The molecule has 0 saturated carbocycles. The minimum Gasteiger partial charge on any atom is -0.298 e. The van der Waals surface area contributed by atoms with Gasteiger partial charge in [0.05, 0.1) is 0 Å². The Morgan fingerprint density at radius 1 is 0.722 bits per heavy atom. The first-order chi connectivity index (χ1) is 8.80. The number of fused-ring (bicyclic) bond motifs is 1. The quantitative estimate of drug-likeness (QED) is 0.767. The molecule has 0 heterocycles. The molecule has 1 aliphatic rings. The lowest BCUT2D eigenvalue weighted by Gasteiger charge is -2.19. The van der Waals surface area contributed by atoms with Crippen LogP contribution in [0.15, 0.2) is 36.4 Å². The summed E-state index contributed by atoms with van der Waals surface area (Å²) in [5.74, 6) is 0. The van der Waals surface area contributed by atoms with Crippen molar-refractivity contribution in [3.63, 3.8) is 0 Å². The highest BCUT2D eigenvalue weighted by atomic mass is 16.1. The molecule has 0 bridgehead atoms. The van der Waals surface area contributed by atoms with Crippen molar-refractivity contribution in [2.45, 2.75) is 12.8 Å². The van der Waals surface area contributed by atoms with Crippen molar-refractivity contribution in [3.8, 4) is 11.1 Å². The van der Waals surface area contributed by atoms with Gasteiger partial charge < -0.3 is 0 Å². The van der Waals surface area contributed by atoms with E-state index in [0.29, 0.717) is 11.1 Å². The molecule has 1 aliphatic carbocycles. The summed E-state index contributed by atoms with van der Waals surface area (Å²) in [5, 5.41) is 0. The van der Waals surface area contributed by atoms with Crippen LogP contribution < -0.4 is 0 Å². The predicted octanol–water partition coefficient (Wildman–Crippen LogP) is 3.08. The van der Waals surface area contributed by atoms with Crippen molar-refractivity contribution in [1.29, 1.82) is 0 Å². The summed E-state index contributed by atoms with van der Waals surface area (Å²) >= 11 is 0. The highest BCUT2D eigenvalue weighted by molar-refractivity contribution is 5.86. The molecule has 2 nitrogen and oxygen atoms in total. The largest absolute Gasteiger partial charge is 0.298 e. The monoisotopic (exact) mass is 236 g/mol. The fraction of sp³-hybridized carbons (Fsp3) is 0.125. The van der Waals surface area contributed by atoms with Crippen LogP contribution in [0.3, 0.4) is 0 Å². The van der Waals surface area contributed by atoms with E-state index in [1.165, 1.54) is 11.1 Å². The zero-order chi connectivity index (χ0) is 12.5. The zero-order valence-electron chi connectivity index (χ0n) is 9.85. The first-order valence-corrected chi connectivity index (χ1v) is 5.98. The van der Waals surface area contributed by atoms with E-state index in [1.807, 2.05) is 12.1 Å². The van der Waals surface area contributed by atoms with E-state index in [0.717, 1.165) is 36.5 Å². The summed E-state index contributed by atoms with van der Waals surface area (Å²) in [6.07, 6.45) is 3.83. The third-order valence-electron chi connectivity index (χ3n) is 3.45. The molecule has 2 aromatic rings. The van der Waals surface area contributed by atoms with Crippen LogP contribution in [0.1, 0.15) is 31.8 Å². The summed E-state index contributed by atoms with van der Waals surface area (Å²) in [6, 6.07) is 11.6. The number of carbonyl (C=O) groups excluding carboxylic acids is 2. The van der Waals surface area contributed by atoms with Crippen LogP contribution in [0.2, 0.25) is 0 Å². The molecule has 88 valence electrons. The number of benzene rings is 2. The summed E-state index contributed by atoms with van der Waals surface area (Å²) < 4.78 is 0. The predicted molar refractivity (Wildman–Crippen MR) is 70.1 cm³/mol. The third-order valence-corrected chi connectivity index (χ3v) is 3.45. The molecule has 0 unspecified atom stereocenters. The molecule has 2 aromatic carbocycles. The summed E-state index contributed by atoms with van der Waals surface area (Å²) in [6.45, 7) is 0. The first kappa shape index (κ1) is 10.9. The van der Waals surface area contributed by atoms with Crippen LogP contribution in [0.4, 0.5) is 0 Å². The van der Waals surface area contributed by atoms with Gasteiger partial charge in [-0.25, -0.2) is 0 Å². The maximum Gasteiger partial charge on any atom is 0.150 e. The molecule has 0 spiro atoms. The van der Waals surface area contributed by atoms with Crippen molar-refractivity contribution >= 4 is 12.6 Å². The van der Waals surface area contributed by atoms with Gasteiger partial charge in [-0.1, -0.05) is 18.2 Å². The Hall–Kier alpha value is -2.22. The van der Waals surface area contributed by atoms with Crippen LogP contribution >= 0.6 is 0 Å². The Morgan fingerprint density at radius 3 is 1.89 bits per heavy atom. The van der Waals surface area contributed by atoms with Gasteiger partial charge in [0, 0.05) is 11.1 Å². The summed E-state index contributed by atoms with van der Waals surface area (Å²) in [7, 11) is 0. The molecule has 0 saturated heterocycles.